The molecule has 4 aromatic rings. The second kappa shape index (κ2) is 10.9. The van der Waals surface area contributed by atoms with Crippen LogP contribution in [0.3, 0.4) is 0 Å². The number of hydrogen-bond donors (Lipinski definition) is 3. The van der Waals surface area contributed by atoms with E-state index in [0.717, 1.165) is 25.7 Å². The molecule has 0 spiro atoms. The lowest BCUT2D eigenvalue weighted by molar-refractivity contribution is -0.117. The predicted octanol–water partition coefficient (Wildman–Crippen LogP) is 4.61. The molecular weight excluding hydrogens is 544 g/mol. The van der Waals surface area contributed by atoms with Gasteiger partial charge in [0.1, 0.15) is 9.71 Å². The molecule has 12 nitrogen and oxygen atoms in total. The molecule has 4 aromatic heterocycles. The Balaban J connectivity index is 1.30. The molecule has 41 heavy (non-hydrogen) atoms. The van der Waals surface area contributed by atoms with E-state index in [0.29, 0.717) is 49.6 Å². The third-order valence-electron chi connectivity index (χ3n) is 7.08. The van der Waals surface area contributed by atoms with Gasteiger partial charge in [-0.25, -0.2) is 14.8 Å². The minimum absolute atomic E-state index is 0.195. The van der Waals surface area contributed by atoms with Crippen molar-refractivity contribution in [1.82, 2.24) is 30.8 Å². The Hall–Kier alpha value is -4.91. The number of carbonyl (C=O) groups excluding carboxylic acids is 3. The molecule has 13 heteroatoms. The lowest BCUT2D eigenvalue weighted by Gasteiger charge is -2.32. The Bertz CT molecular complexity index is 1670. The normalized spacial score (nSPS) is 18.0. The maximum atomic E-state index is 13.5. The summed E-state index contributed by atoms with van der Waals surface area (Å²) in [6, 6.07) is 7.64. The summed E-state index contributed by atoms with van der Waals surface area (Å²) in [7, 11) is 0. The van der Waals surface area contributed by atoms with E-state index in [4.69, 9.17) is 4.74 Å². The van der Waals surface area contributed by atoms with Crippen LogP contribution in [-0.4, -0.2) is 50.1 Å². The van der Waals surface area contributed by atoms with E-state index < -0.39 is 6.03 Å². The summed E-state index contributed by atoms with van der Waals surface area (Å²) in [6.45, 7) is 5.30. The Labute approximate surface area is 238 Å². The highest BCUT2D eigenvalue weighted by atomic mass is 32.1. The molecule has 0 aromatic carbocycles. The highest BCUT2D eigenvalue weighted by Gasteiger charge is 2.35. The van der Waals surface area contributed by atoms with Crippen molar-refractivity contribution in [2.75, 3.05) is 10.2 Å². The number of ether oxygens (including phenoxy) is 1. The van der Waals surface area contributed by atoms with Crippen LogP contribution in [0.15, 0.2) is 55.4 Å². The van der Waals surface area contributed by atoms with Crippen molar-refractivity contribution in [2.24, 2.45) is 0 Å². The van der Waals surface area contributed by atoms with Crippen molar-refractivity contribution in [1.29, 1.82) is 0 Å². The SMILES string of the molecule is C=CC(=O)N[C@H]1CCCC[C@H]1NC(=O)c1sc2nccc3c2c1NC(=O)N3c1ccc(Oc2cccnn2)nc1C. The minimum Gasteiger partial charge on any atom is -0.419 e. The van der Waals surface area contributed by atoms with Gasteiger partial charge in [0, 0.05) is 36.6 Å². The first kappa shape index (κ1) is 26.3. The molecule has 4 amide bonds. The first-order chi connectivity index (χ1) is 19.9. The van der Waals surface area contributed by atoms with Crippen molar-refractivity contribution >= 4 is 56.5 Å². The highest BCUT2D eigenvalue weighted by molar-refractivity contribution is 7.21. The monoisotopic (exact) mass is 570 g/mol. The van der Waals surface area contributed by atoms with E-state index in [1.165, 1.54) is 22.3 Å². The molecule has 2 aliphatic rings. The first-order valence-corrected chi connectivity index (χ1v) is 13.9. The molecule has 0 saturated heterocycles. The van der Waals surface area contributed by atoms with E-state index in [2.05, 4.69) is 42.7 Å². The van der Waals surface area contributed by atoms with E-state index in [9.17, 15) is 14.4 Å². The lowest BCUT2D eigenvalue weighted by atomic mass is 9.90. The van der Waals surface area contributed by atoms with E-state index in [1.807, 2.05) is 0 Å². The number of thiophene rings is 1. The molecule has 0 bridgehead atoms. The lowest BCUT2D eigenvalue weighted by Crippen LogP contribution is -2.52. The molecule has 6 rings (SSSR count). The van der Waals surface area contributed by atoms with Crippen LogP contribution in [0.4, 0.5) is 21.9 Å². The van der Waals surface area contributed by atoms with E-state index in [-0.39, 0.29) is 23.9 Å². The topological polar surface area (TPSA) is 151 Å². The zero-order chi connectivity index (χ0) is 28.5. The minimum atomic E-state index is -0.432. The van der Waals surface area contributed by atoms with E-state index >= 15 is 0 Å². The van der Waals surface area contributed by atoms with Gasteiger partial charge in [-0.1, -0.05) is 19.4 Å². The van der Waals surface area contributed by atoms with Crippen LogP contribution in [0, 0.1) is 6.92 Å². The van der Waals surface area contributed by atoms with Gasteiger partial charge in [-0.2, -0.15) is 5.10 Å². The Morgan fingerprint density at radius 3 is 2.63 bits per heavy atom. The summed E-state index contributed by atoms with van der Waals surface area (Å²) < 4.78 is 5.68. The number of nitrogens with one attached hydrogen (secondary N) is 3. The van der Waals surface area contributed by atoms with Crippen LogP contribution < -0.4 is 25.6 Å². The average molecular weight is 571 g/mol. The molecule has 5 heterocycles. The molecule has 1 saturated carbocycles. The van der Waals surface area contributed by atoms with Gasteiger partial charge < -0.3 is 20.7 Å². The average Bonchev–Trinajstić information content (AvgIpc) is 3.35. The van der Waals surface area contributed by atoms with Crippen molar-refractivity contribution in [3.05, 3.63) is 66.0 Å². The molecule has 0 unspecified atom stereocenters. The number of pyridine rings is 2. The largest absolute Gasteiger partial charge is 0.419 e. The summed E-state index contributed by atoms with van der Waals surface area (Å²) in [6.07, 6.45) is 7.79. The zero-order valence-corrected chi connectivity index (χ0v) is 22.9. The van der Waals surface area contributed by atoms with Crippen LogP contribution in [0.5, 0.6) is 11.8 Å². The molecule has 1 fully saturated rings. The fourth-order valence-electron chi connectivity index (χ4n) is 5.21. The van der Waals surface area contributed by atoms with Crippen LogP contribution in [0.2, 0.25) is 0 Å². The van der Waals surface area contributed by atoms with Gasteiger partial charge >= 0.3 is 6.03 Å². The van der Waals surface area contributed by atoms with Gasteiger partial charge in [0.25, 0.3) is 5.91 Å². The van der Waals surface area contributed by atoms with Crippen molar-refractivity contribution in [3.8, 4) is 11.8 Å². The summed E-state index contributed by atoms with van der Waals surface area (Å²) in [5.74, 6) is 0.0165. The second-order valence-electron chi connectivity index (χ2n) is 9.68. The Morgan fingerprint density at radius 2 is 1.90 bits per heavy atom. The molecule has 2 atom stereocenters. The standard InChI is InChI=1S/C28H26N8O4S/c1-3-20(37)32-16-7-4-5-8-17(16)33-26(38)25-24-23-19(12-14-29-27(23)41-25)36(28(39)34-24)18-10-11-21(31-15(18)2)40-22-9-6-13-30-35-22/h3,6,9-14,16-17H,1,4-5,7-8H2,2H3,(H,32,37)(H,33,38)(H,34,39)/t16-,17+/m0/s1. The quantitative estimate of drug-likeness (QED) is 0.273. The number of aromatic nitrogens is 4. The summed E-state index contributed by atoms with van der Waals surface area (Å²) in [5.41, 5.74) is 2.10. The number of carbonyl (C=O) groups is 3. The van der Waals surface area contributed by atoms with Crippen LogP contribution in [0.25, 0.3) is 10.2 Å². The first-order valence-electron chi connectivity index (χ1n) is 13.1. The van der Waals surface area contributed by atoms with Gasteiger partial charge in [-0.05, 0) is 44.0 Å². The van der Waals surface area contributed by atoms with Crippen molar-refractivity contribution in [3.63, 3.8) is 0 Å². The highest BCUT2D eigenvalue weighted by Crippen LogP contribution is 2.46. The molecule has 3 N–H and O–H groups in total. The number of hydrogen-bond acceptors (Lipinski definition) is 9. The summed E-state index contributed by atoms with van der Waals surface area (Å²) in [5, 5.41) is 17.3. The number of anilines is 3. The van der Waals surface area contributed by atoms with Crippen LogP contribution >= 0.6 is 11.3 Å². The Morgan fingerprint density at radius 1 is 1.10 bits per heavy atom. The molecule has 208 valence electrons. The van der Waals surface area contributed by atoms with E-state index in [1.54, 1.807) is 49.6 Å². The molecule has 0 radical (unpaired) electrons. The van der Waals surface area contributed by atoms with Gasteiger partial charge in [0.15, 0.2) is 0 Å². The van der Waals surface area contributed by atoms with Gasteiger partial charge in [0.05, 0.1) is 28.1 Å². The maximum Gasteiger partial charge on any atom is 0.331 e. The third-order valence-corrected chi connectivity index (χ3v) is 8.17. The van der Waals surface area contributed by atoms with Crippen molar-refractivity contribution in [2.45, 2.75) is 44.7 Å². The predicted molar refractivity (Wildman–Crippen MR) is 154 cm³/mol. The summed E-state index contributed by atoms with van der Waals surface area (Å²) in [4.78, 5) is 50.5. The smallest absolute Gasteiger partial charge is 0.331 e. The number of rotatable bonds is 7. The number of urea groups is 1. The molecule has 1 aliphatic heterocycles. The summed E-state index contributed by atoms with van der Waals surface area (Å²) >= 11 is 1.21. The Kier molecular flexibility index (Phi) is 7.01. The van der Waals surface area contributed by atoms with Crippen LogP contribution in [0.1, 0.15) is 41.0 Å². The number of aryl methyl sites for hydroxylation is 1. The second-order valence-corrected chi connectivity index (χ2v) is 10.7. The van der Waals surface area contributed by atoms with Crippen LogP contribution in [-0.2, 0) is 4.79 Å². The fraction of sp³-hybridized carbons (Fsp3) is 0.250. The molecular formula is C28H26N8O4S. The maximum absolute atomic E-state index is 13.5. The fourth-order valence-corrected chi connectivity index (χ4v) is 6.23. The number of amides is 4. The molecule has 1 aliphatic carbocycles. The van der Waals surface area contributed by atoms with Crippen molar-refractivity contribution < 1.29 is 19.1 Å². The zero-order valence-electron chi connectivity index (χ0n) is 22.1. The van der Waals surface area contributed by atoms with Gasteiger partial charge in [-0.3, -0.25) is 14.5 Å². The number of nitrogens with zero attached hydrogens (tertiary/aromatic N) is 5. The van der Waals surface area contributed by atoms with Gasteiger partial charge in [0.2, 0.25) is 17.7 Å². The van der Waals surface area contributed by atoms with Gasteiger partial charge in [-0.15, -0.1) is 16.4 Å². The third kappa shape index (κ3) is 5.07.